The molecule has 0 saturated carbocycles. The SMILES string of the molecule is c1ccc(-c2c3ccccc3c(-c3ccc4c(c3)C3(c5ccccc5-c5cc6c7c8ccccc8ccc7n(-c7ncccn7)c6cc53)c3cccnc3-4)c3ccccc23)cc1. The van der Waals surface area contributed by atoms with Crippen LogP contribution in [-0.4, -0.2) is 19.5 Å². The van der Waals surface area contributed by atoms with E-state index < -0.39 is 5.41 Å². The van der Waals surface area contributed by atoms with Crippen molar-refractivity contribution in [2.45, 2.75) is 5.41 Å². The van der Waals surface area contributed by atoms with Crippen LogP contribution in [0.4, 0.5) is 0 Å². The fourth-order valence-corrected chi connectivity index (χ4v) is 11.4. The van der Waals surface area contributed by atoms with Gasteiger partial charge in [-0.15, -0.1) is 0 Å². The molecule has 0 aliphatic heterocycles. The van der Waals surface area contributed by atoms with Gasteiger partial charge in [-0.25, -0.2) is 9.97 Å². The number of aromatic nitrogens is 4. The molecule has 62 heavy (non-hydrogen) atoms. The molecule has 12 aromatic rings. The largest absolute Gasteiger partial charge is 0.278 e. The molecule has 2 aliphatic carbocycles. The van der Waals surface area contributed by atoms with E-state index in [4.69, 9.17) is 15.0 Å². The van der Waals surface area contributed by atoms with Crippen molar-refractivity contribution in [2.24, 2.45) is 0 Å². The smallest absolute Gasteiger partial charge is 0.234 e. The molecule has 3 aromatic heterocycles. The van der Waals surface area contributed by atoms with Gasteiger partial charge < -0.3 is 0 Å². The fourth-order valence-electron chi connectivity index (χ4n) is 11.4. The van der Waals surface area contributed by atoms with Gasteiger partial charge in [0.05, 0.1) is 22.1 Å². The van der Waals surface area contributed by atoms with E-state index in [-0.39, 0.29) is 0 Å². The highest BCUT2D eigenvalue weighted by Crippen LogP contribution is 2.64. The van der Waals surface area contributed by atoms with Gasteiger partial charge >= 0.3 is 0 Å². The summed E-state index contributed by atoms with van der Waals surface area (Å²) in [6, 6.07) is 69.3. The van der Waals surface area contributed by atoms with Gasteiger partial charge in [0.15, 0.2) is 0 Å². The molecule has 4 heteroatoms. The first kappa shape index (κ1) is 33.6. The first-order chi connectivity index (χ1) is 30.8. The summed E-state index contributed by atoms with van der Waals surface area (Å²) in [4.78, 5) is 14.9. The summed E-state index contributed by atoms with van der Waals surface area (Å²) in [5, 5.41) is 9.78. The van der Waals surface area contributed by atoms with Crippen LogP contribution < -0.4 is 0 Å². The molecule has 0 radical (unpaired) electrons. The topological polar surface area (TPSA) is 43.6 Å². The maximum atomic E-state index is 5.18. The van der Waals surface area contributed by atoms with Gasteiger partial charge in [0.25, 0.3) is 0 Å². The van der Waals surface area contributed by atoms with Crippen molar-refractivity contribution in [3.8, 4) is 50.6 Å². The van der Waals surface area contributed by atoms with E-state index in [0.29, 0.717) is 5.95 Å². The number of nitrogens with zero attached hydrogens (tertiary/aromatic N) is 4. The Morgan fingerprint density at radius 3 is 1.76 bits per heavy atom. The summed E-state index contributed by atoms with van der Waals surface area (Å²) in [6.07, 6.45) is 5.62. The third-order valence-electron chi connectivity index (χ3n) is 13.7. The van der Waals surface area contributed by atoms with Crippen LogP contribution in [-0.2, 0) is 5.41 Å². The van der Waals surface area contributed by atoms with E-state index in [1.807, 2.05) is 24.7 Å². The molecule has 1 spiro atoms. The van der Waals surface area contributed by atoms with E-state index in [1.54, 1.807) is 0 Å². The molecule has 2 aliphatic rings. The van der Waals surface area contributed by atoms with Gasteiger partial charge in [-0.1, -0.05) is 152 Å². The molecular formula is C58H34N4. The monoisotopic (exact) mass is 786 g/mol. The summed E-state index contributed by atoms with van der Waals surface area (Å²) in [5.74, 6) is 0.654. The molecule has 286 valence electrons. The van der Waals surface area contributed by atoms with E-state index in [0.717, 1.165) is 16.7 Å². The molecule has 1 atom stereocenters. The second kappa shape index (κ2) is 12.4. The maximum Gasteiger partial charge on any atom is 0.234 e. The molecule has 4 nitrogen and oxygen atoms in total. The predicted octanol–water partition coefficient (Wildman–Crippen LogP) is 14.1. The Morgan fingerprint density at radius 1 is 0.355 bits per heavy atom. The Balaban J connectivity index is 1.12. The molecule has 3 heterocycles. The minimum atomic E-state index is -0.633. The minimum Gasteiger partial charge on any atom is -0.278 e. The third kappa shape index (κ3) is 4.27. The zero-order chi connectivity index (χ0) is 40.5. The summed E-state index contributed by atoms with van der Waals surface area (Å²) in [7, 11) is 0. The Hall–Kier alpha value is -8.21. The van der Waals surface area contributed by atoms with Crippen molar-refractivity contribution < 1.29 is 0 Å². The van der Waals surface area contributed by atoms with Gasteiger partial charge in [-0.2, -0.15) is 0 Å². The van der Waals surface area contributed by atoms with Crippen LogP contribution in [0.25, 0.3) is 105 Å². The first-order valence-corrected chi connectivity index (χ1v) is 21.3. The van der Waals surface area contributed by atoms with Crippen LogP contribution >= 0.6 is 0 Å². The molecule has 0 amide bonds. The molecular weight excluding hydrogens is 753 g/mol. The Morgan fingerprint density at radius 2 is 0.984 bits per heavy atom. The molecule has 14 rings (SSSR count). The van der Waals surface area contributed by atoms with Crippen LogP contribution in [0.1, 0.15) is 22.3 Å². The van der Waals surface area contributed by atoms with E-state index in [1.165, 1.54) is 104 Å². The van der Waals surface area contributed by atoms with Crippen LogP contribution in [0.2, 0.25) is 0 Å². The normalized spacial score (nSPS) is 14.8. The molecule has 0 fully saturated rings. The van der Waals surface area contributed by atoms with E-state index in [9.17, 15) is 0 Å². The van der Waals surface area contributed by atoms with Crippen molar-refractivity contribution >= 4 is 54.1 Å². The van der Waals surface area contributed by atoms with Gasteiger partial charge in [-0.3, -0.25) is 9.55 Å². The molecule has 9 aromatic carbocycles. The minimum absolute atomic E-state index is 0.633. The number of hydrogen-bond acceptors (Lipinski definition) is 3. The average Bonchev–Trinajstić information content (AvgIpc) is 3.94. The highest BCUT2D eigenvalue weighted by Gasteiger charge is 2.52. The Labute approximate surface area is 357 Å². The first-order valence-electron chi connectivity index (χ1n) is 21.3. The van der Waals surface area contributed by atoms with E-state index in [2.05, 4.69) is 187 Å². The second-order valence-electron chi connectivity index (χ2n) is 16.6. The molecule has 0 bridgehead atoms. The van der Waals surface area contributed by atoms with Gasteiger partial charge in [0, 0.05) is 34.9 Å². The predicted molar refractivity (Wildman–Crippen MR) is 254 cm³/mol. The van der Waals surface area contributed by atoms with Crippen LogP contribution in [0.3, 0.4) is 0 Å². The third-order valence-corrected chi connectivity index (χ3v) is 13.7. The van der Waals surface area contributed by atoms with Gasteiger partial charge in [-0.05, 0) is 124 Å². The summed E-state index contributed by atoms with van der Waals surface area (Å²) < 4.78 is 2.26. The number of hydrogen-bond donors (Lipinski definition) is 0. The van der Waals surface area contributed by atoms with Crippen molar-refractivity contribution in [1.29, 1.82) is 0 Å². The fraction of sp³-hybridized carbons (Fsp3) is 0.0172. The maximum absolute atomic E-state index is 5.18. The van der Waals surface area contributed by atoms with Crippen molar-refractivity contribution in [2.75, 3.05) is 0 Å². The Bertz CT molecular complexity index is 3810. The quantitative estimate of drug-likeness (QED) is 0.168. The van der Waals surface area contributed by atoms with Crippen LogP contribution in [0, 0.1) is 0 Å². The molecule has 1 unspecified atom stereocenters. The summed E-state index contributed by atoms with van der Waals surface area (Å²) in [5.41, 5.74) is 16.1. The standard InChI is InChI=1S/C58H34N4/c1-2-15-36(16-3-1)53-40-19-6-8-21-42(40)54(43-22-9-7-20-41(43)53)37-25-27-44-49(32-37)58(48-24-12-29-59-56(44)48)47-23-11-10-18-39(47)45-33-46-52(34-50(45)58)62(57-60-30-13-31-61-57)51-28-26-35-14-4-5-17-38(35)55(46)51/h1-34H. The molecule has 0 N–H and O–H groups in total. The highest BCUT2D eigenvalue weighted by molar-refractivity contribution is 6.23. The van der Waals surface area contributed by atoms with Crippen molar-refractivity contribution in [3.05, 3.63) is 229 Å². The lowest BCUT2D eigenvalue weighted by Gasteiger charge is -2.30. The van der Waals surface area contributed by atoms with Crippen molar-refractivity contribution in [3.63, 3.8) is 0 Å². The van der Waals surface area contributed by atoms with Crippen LogP contribution in [0.5, 0.6) is 0 Å². The summed E-state index contributed by atoms with van der Waals surface area (Å²) in [6.45, 7) is 0. The molecule has 0 saturated heterocycles. The van der Waals surface area contributed by atoms with Gasteiger partial charge in [0.2, 0.25) is 5.95 Å². The lowest BCUT2D eigenvalue weighted by molar-refractivity contribution is 0.792. The number of rotatable bonds is 3. The zero-order valence-electron chi connectivity index (χ0n) is 33.4. The number of fused-ring (bicyclic) bond motifs is 17. The van der Waals surface area contributed by atoms with Gasteiger partial charge in [0.1, 0.15) is 0 Å². The Kier molecular flexibility index (Phi) is 6.73. The van der Waals surface area contributed by atoms with E-state index >= 15 is 0 Å². The number of pyridine rings is 1. The zero-order valence-corrected chi connectivity index (χ0v) is 33.4. The van der Waals surface area contributed by atoms with Crippen LogP contribution in [0.15, 0.2) is 207 Å². The lowest BCUT2D eigenvalue weighted by atomic mass is 9.70. The number of benzene rings is 9. The average molecular weight is 787 g/mol. The lowest BCUT2D eigenvalue weighted by Crippen LogP contribution is -2.26. The summed E-state index contributed by atoms with van der Waals surface area (Å²) >= 11 is 0. The van der Waals surface area contributed by atoms with Crippen molar-refractivity contribution in [1.82, 2.24) is 19.5 Å². The highest BCUT2D eigenvalue weighted by atomic mass is 15.1. The second-order valence-corrected chi connectivity index (χ2v) is 16.6.